The van der Waals surface area contributed by atoms with E-state index < -0.39 is 18.5 Å². The summed E-state index contributed by atoms with van der Waals surface area (Å²) in [6.45, 7) is -1.96. The minimum Gasteiger partial charge on any atom is -0.478 e. The highest BCUT2D eigenvalue weighted by molar-refractivity contribution is 5.35. The summed E-state index contributed by atoms with van der Waals surface area (Å²) in [4.78, 5) is 6.89. The first-order valence-corrected chi connectivity index (χ1v) is 3.78. The molecule has 0 aliphatic heterocycles. The van der Waals surface area contributed by atoms with E-state index in [0.717, 1.165) is 6.20 Å². The number of nitrogens with two attached hydrogens (primary N) is 1. The van der Waals surface area contributed by atoms with Crippen molar-refractivity contribution in [2.45, 2.75) is 6.11 Å². The van der Waals surface area contributed by atoms with E-state index in [2.05, 4.69) is 19.4 Å². The van der Waals surface area contributed by atoms with Gasteiger partial charge in [-0.2, -0.15) is 13.8 Å². The lowest BCUT2D eigenvalue weighted by atomic mass is 10.5. The molecule has 0 saturated carbocycles. The summed E-state index contributed by atoms with van der Waals surface area (Å²) >= 11 is 0. The third kappa shape index (κ3) is 2.86. The number of rotatable bonds is 4. The van der Waals surface area contributed by atoms with Gasteiger partial charge in [-0.3, -0.25) is 0 Å². The summed E-state index contributed by atoms with van der Waals surface area (Å²) < 4.78 is 45.4. The van der Waals surface area contributed by atoms with Gasteiger partial charge in [0.1, 0.15) is 0 Å². The van der Waals surface area contributed by atoms with Gasteiger partial charge in [0, 0.05) is 0 Å². The molecule has 0 aliphatic rings. The zero-order valence-electron chi connectivity index (χ0n) is 7.71. The molecule has 1 rings (SSSR count). The first-order chi connectivity index (χ1) is 6.98. The Morgan fingerprint density at radius 1 is 1.53 bits per heavy atom. The standard InChI is InChI=1S/C7H8F3N3O2/c1-14-5-4(2-12-6(11)13-5)15-7(9,10)3-8/h2H,3H2,1H3,(H2,11,12,13). The van der Waals surface area contributed by atoms with E-state index in [1.165, 1.54) is 7.11 Å². The highest BCUT2D eigenvalue weighted by Gasteiger charge is 2.33. The second kappa shape index (κ2) is 4.20. The number of nitrogens with zero attached hydrogens (tertiary/aromatic N) is 2. The highest BCUT2D eigenvalue weighted by Crippen LogP contribution is 2.29. The molecule has 0 amide bonds. The van der Waals surface area contributed by atoms with E-state index >= 15 is 0 Å². The summed E-state index contributed by atoms with van der Waals surface area (Å²) in [6, 6.07) is 0. The molecule has 84 valence electrons. The molecule has 1 aromatic heterocycles. The number of nitrogen functional groups attached to an aromatic ring is 1. The Bertz CT molecular complexity index is 348. The number of alkyl halides is 3. The fourth-order valence-electron chi connectivity index (χ4n) is 0.772. The summed E-state index contributed by atoms with van der Waals surface area (Å²) in [7, 11) is 1.18. The van der Waals surface area contributed by atoms with E-state index in [0.29, 0.717) is 0 Å². The van der Waals surface area contributed by atoms with Crippen LogP contribution in [0.2, 0.25) is 0 Å². The predicted octanol–water partition coefficient (Wildman–Crippen LogP) is 1.01. The first kappa shape index (κ1) is 11.3. The molecule has 0 radical (unpaired) electrons. The average Bonchev–Trinajstić information content (AvgIpc) is 2.20. The van der Waals surface area contributed by atoms with Crippen molar-refractivity contribution >= 4 is 5.95 Å². The molecule has 5 nitrogen and oxygen atoms in total. The second-order valence-electron chi connectivity index (χ2n) is 2.47. The van der Waals surface area contributed by atoms with Crippen molar-refractivity contribution in [1.29, 1.82) is 0 Å². The van der Waals surface area contributed by atoms with Crippen LogP contribution in [0.3, 0.4) is 0 Å². The van der Waals surface area contributed by atoms with Gasteiger partial charge in [-0.05, 0) is 0 Å². The number of aromatic nitrogens is 2. The lowest BCUT2D eigenvalue weighted by Gasteiger charge is -2.15. The van der Waals surface area contributed by atoms with Gasteiger partial charge in [0.2, 0.25) is 11.7 Å². The van der Waals surface area contributed by atoms with Gasteiger partial charge in [0.05, 0.1) is 13.3 Å². The molecule has 0 spiro atoms. The van der Waals surface area contributed by atoms with Crippen molar-refractivity contribution in [2.24, 2.45) is 0 Å². The molecule has 0 unspecified atom stereocenters. The Balaban J connectivity index is 2.94. The van der Waals surface area contributed by atoms with Crippen LogP contribution >= 0.6 is 0 Å². The van der Waals surface area contributed by atoms with Crippen molar-refractivity contribution in [3.8, 4) is 11.6 Å². The van der Waals surface area contributed by atoms with E-state index in [1.54, 1.807) is 0 Å². The van der Waals surface area contributed by atoms with E-state index in [9.17, 15) is 13.2 Å². The quantitative estimate of drug-likeness (QED) is 0.824. The maximum atomic E-state index is 12.5. The van der Waals surface area contributed by atoms with Crippen LogP contribution in [0.4, 0.5) is 19.1 Å². The Morgan fingerprint density at radius 3 is 2.73 bits per heavy atom. The van der Waals surface area contributed by atoms with Crippen LogP contribution in [0.5, 0.6) is 11.6 Å². The van der Waals surface area contributed by atoms with Crippen molar-refractivity contribution < 1.29 is 22.6 Å². The summed E-state index contributed by atoms with van der Waals surface area (Å²) in [6.07, 6.45) is -3.06. The molecule has 0 aliphatic carbocycles. The SMILES string of the molecule is COc1nc(N)ncc1OC(F)(F)CF. The lowest BCUT2D eigenvalue weighted by Crippen LogP contribution is -2.27. The fourth-order valence-corrected chi connectivity index (χ4v) is 0.772. The molecule has 2 N–H and O–H groups in total. The second-order valence-corrected chi connectivity index (χ2v) is 2.47. The zero-order valence-corrected chi connectivity index (χ0v) is 7.71. The summed E-state index contributed by atoms with van der Waals surface area (Å²) in [5, 5.41) is 0. The monoisotopic (exact) mass is 223 g/mol. The molecule has 0 saturated heterocycles. The molecule has 0 aromatic carbocycles. The van der Waals surface area contributed by atoms with Crippen molar-refractivity contribution in [3.05, 3.63) is 6.20 Å². The van der Waals surface area contributed by atoms with Gasteiger partial charge in [0.15, 0.2) is 6.67 Å². The van der Waals surface area contributed by atoms with Crippen LogP contribution in [0, 0.1) is 0 Å². The topological polar surface area (TPSA) is 70.3 Å². The van der Waals surface area contributed by atoms with Crippen LogP contribution < -0.4 is 15.2 Å². The van der Waals surface area contributed by atoms with E-state index in [1.807, 2.05) is 0 Å². The minimum atomic E-state index is -3.94. The van der Waals surface area contributed by atoms with Gasteiger partial charge < -0.3 is 15.2 Å². The Morgan fingerprint density at radius 2 is 2.20 bits per heavy atom. The molecule has 1 heterocycles. The fraction of sp³-hybridized carbons (Fsp3) is 0.429. The molecule has 1 aromatic rings. The van der Waals surface area contributed by atoms with Gasteiger partial charge in [-0.15, -0.1) is 0 Å². The first-order valence-electron chi connectivity index (χ1n) is 3.78. The summed E-state index contributed by atoms with van der Waals surface area (Å²) in [5.74, 6) is -0.923. The Kier molecular flexibility index (Phi) is 3.17. The van der Waals surface area contributed by atoms with Gasteiger partial charge in [-0.1, -0.05) is 0 Å². The van der Waals surface area contributed by atoms with Crippen LogP contribution in [-0.4, -0.2) is 29.9 Å². The normalized spacial score (nSPS) is 11.2. The number of methoxy groups -OCH3 is 1. The summed E-state index contributed by atoms with van der Waals surface area (Å²) in [5.41, 5.74) is 5.18. The van der Waals surface area contributed by atoms with Crippen LogP contribution in [0.25, 0.3) is 0 Å². The number of halogens is 3. The Labute approximate surface area is 83.0 Å². The van der Waals surface area contributed by atoms with Crippen LogP contribution in [-0.2, 0) is 0 Å². The molecular formula is C7H8F3N3O2. The third-order valence-electron chi connectivity index (χ3n) is 1.35. The largest absolute Gasteiger partial charge is 0.478 e. The molecule has 0 bridgehead atoms. The zero-order chi connectivity index (χ0) is 11.5. The number of hydrogen-bond donors (Lipinski definition) is 1. The molecular weight excluding hydrogens is 215 g/mol. The number of hydrogen-bond acceptors (Lipinski definition) is 5. The molecule has 0 atom stereocenters. The third-order valence-corrected chi connectivity index (χ3v) is 1.35. The molecule has 15 heavy (non-hydrogen) atoms. The van der Waals surface area contributed by atoms with Crippen LogP contribution in [0.15, 0.2) is 6.20 Å². The maximum Gasteiger partial charge on any atom is 0.427 e. The van der Waals surface area contributed by atoms with Crippen LogP contribution in [0.1, 0.15) is 0 Å². The maximum absolute atomic E-state index is 12.5. The predicted molar refractivity (Wildman–Crippen MR) is 44.5 cm³/mol. The minimum absolute atomic E-state index is 0.164. The van der Waals surface area contributed by atoms with E-state index in [-0.39, 0.29) is 11.8 Å². The number of ether oxygens (including phenoxy) is 2. The molecule has 0 fully saturated rings. The van der Waals surface area contributed by atoms with Gasteiger partial charge in [0.25, 0.3) is 5.88 Å². The van der Waals surface area contributed by atoms with Crippen molar-refractivity contribution in [1.82, 2.24) is 9.97 Å². The van der Waals surface area contributed by atoms with E-state index in [4.69, 9.17) is 5.73 Å². The molecule has 8 heteroatoms. The lowest BCUT2D eigenvalue weighted by molar-refractivity contribution is -0.187. The smallest absolute Gasteiger partial charge is 0.427 e. The van der Waals surface area contributed by atoms with Crippen molar-refractivity contribution in [2.75, 3.05) is 19.5 Å². The Hall–Kier alpha value is -1.73. The van der Waals surface area contributed by atoms with Gasteiger partial charge >= 0.3 is 6.11 Å². The number of anilines is 1. The highest BCUT2D eigenvalue weighted by atomic mass is 19.3. The van der Waals surface area contributed by atoms with Gasteiger partial charge in [-0.25, -0.2) is 9.37 Å². The van der Waals surface area contributed by atoms with Crippen molar-refractivity contribution in [3.63, 3.8) is 0 Å². The average molecular weight is 223 g/mol.